The lowest BCUT2D eigenvalue weighted by Gasteiger charge is -2.37. The predicted molar refractivity (Wildman–Crippen MR) is 79.0 cm³/mol. The Balaban J connectivity index is 1.70. The predicted octanol–water partition coefficient (Wildman–Crippen LogP) is 3.20. The van der Waals surface area contributed by atoms with Crippen LogP contribution in [0.4, 0.5) is 10.5 Å². The van der Waals surface area contributed by atoms with Crippen LogP contribution in [0.2, 0.25) is 5.15 Å². The van der Waals surface area contributed by atoms with Crippen molar-refractivity contribution in [2.45, 2.75) is 51.3 Å². The van der Waals surface area contributed by atoms with Crippen LogP contribution >= 0.6 is 11.6 Å². The van der Waals surface area contributed by atoms with Crippen LogP contribution in [0.3, 0.4) is 0 Å². The largest absolute Gasteiger partial charge is 0.444 e. The van der Waals surface area contributed by atoms with Crippen molar-refractivity contribution in [3.63, 3.8) is 0 Å². The maximum absolute atomic E-state index is 11.6. The number of hydrogen-bond donors (Lipinski definition) is 2. The topological polar surface area (TPSA) is 63.2 Å². The molecule has 0 bridgehead atoms. The monoisotopic (exact) mass is 297 g/mol. The van der Waals surface area contributed by atoms with Crippen LogP contribution in [0, 0.1) is 0 Å². The van der Waals surface area contributed by atoms with E-state index in [1.165, 1.54) is 0 Å². The number of nitrogens with zero attached hydrogens (tertiary/aromatic N) is 1. The third kappa shape index (κ3) is 4.56. The molecule has 20 heavy (non-hydrogen) atoms. The molecule has 0 spiro atoms. The van der Waals surface area contributed by atoms with Crippen LogP contribution in [-0.2, 0) is 4.74 Å². The molecule has 0 aromatic carbocycles. The zero-order chi connectivity index (χ0) is 14.8. The van der Waals surface area contributed by atoms with Crippen LogP contribution in [0.1, 0.15) is 33.6 Å². The van der Waals surface area contributed by atoms with Crippen LogP contribution in [0.15, 0.2) is 18.3 Å². The average Bonchev–Trinajstić information content (AvgIpc) is 2.26. The van der Waals surface area contributed by atoms with Gasteiger partial charge in [0.2, 0.25) is 0 Å². The summed E-state index contributed by atoms with van der Waals surface area (Å²) in [7, 11) is 0. The van der Waals surface area contributed by atoms with Crippen molar-refractivity contribution < 1.29 is 9.53 Å². The third-order valence-corrected chi connectivity index (χ3v) is 3.18. The Kier molecular flexibility index (Phi) is 4.38. The maximum atomic E-state index is 11.6. The Morgan fingerprint density at radius 2 is 2.05 bits per heavy atom. The molecule has 0 aliphatic heterocycles. The van der Waals surface area contributed by atoms with Gasteiger partial charge in [0.05, 0.1) is 11.9 Å². The summed E-state index contributed by atoms with van der Waals surface area (Å²) in [5, 5.41) is 6.68. The van der Waals surface area contributed by atoms with Crippen molar-refractivity contribution in [3.05, 3.63) is 23.5 Å². The molecular weight excluding hydrogens is 278 g/mol. The molecule has 2 N–H and O–H groups in total. The van der Waals surface area contributed by atoms with Gasteiger partial charge in [-0.3, -0.25) is 0 Å². The van der Waals surface area contributed by atoms with Gasteiger partial charge in [-0.2, -0.15) is 0 Å². The van der Waals surface area contributed by atoms with Crippen molar-refractivity contribution in [2.75, 3.05) is 5.32 Å². The molecule has 0 unspecified atom stereocenters. The highest BCUT2D eigenvalue weighted by molar-refractivity contribution is 6.29. The highest BCUT2D eigenvalue weighted by atomic mass is 35.5. The molecule has 5 nitrogen and oxygen atoms in total. The number of halogens is 1. The quantitative estimate of drug-likeness (QED) is 0.841. The number of rotatable bonds is 3. The first-order chi connectivity index (χ1) is 9.32. The Labute approximate surface area is 124 Å². The fourth-order valence-electron chi connectivity index (χ4n) is 2.02. The van der Waals surface area contributed by atoms with Crippen molar-refractivity contribution >= 4 is 23.4 Å². The van der Waals surface area contributed by atoms with E-state index in [1.807, 2.05) is 26.8 Å². The molecule has 1 heterocycles. The van der Waals surface area contributed by atoms with Gasteiger partial charge in [0, 0.05) is 12.1 Å². The fraction of sp³-hybridized carbons (Fsp3) is 0.571. The number of ether oxygens (including phenoxy) is 1. The van der Waals surface area contributed by atoms with E-state index >= 15 is 0 Å². The van der Waals surface area contributed by atoms with Crippen molar-refractivity contribution in [1.29, 1.82) is 0 Å². The average molecular weight is 298 g/mol. The lowest BCUT2D eigenvalue weighted by atomic mass is 9.87. The third-order valence-electron chi connectivity index (χ3n) is 2.96. The van der Waals surface area contributed by atoms with Gasteiger partial charge >= 0.3 is 6.09 Å². The second-order valence-corrected chi connectivity index (χ2v) is 6.41. The molecule has 110 valence electrons. The van der Waals surface area contributed by atoms with E-state index in [1.54, 1.807) is 12.3 Å². The summed E-state index contributed by atoms with van der Waals surface area (Å²) in [5.41, 5.74) is 0.482. The van der Waals surface area contributed by atoms with E-state index in [9.17, 15) is 4.79 Å². The van der Waals surface area contributed by atoms with Gasteiger partial charge in [0.25, 0.3) is 0 Å². The molecule has 1 aliphatic rings. The Morgan fingerprint density at radius 3 is 2.60 bits per heavy atom. The number of carbonyl (C=O) groups is 1. The molecule has 1 amide bonds. The molecular formula is C14H20ClN3O2. The summed E-state index contributed by atoms with van der Waals surface area (Å²) in [6, 6.07) is 4.16. The summed E-state index contributed by atoms with van der Waals surface area (Å²) in [6.07, 6.45) is 3.11. The fourth-order valence-corrected chi connectivity index (χ4v) is 2.14. The minimum atomic E-state index is -0.458. The molecule has 1 aliphatic carbocycles. The molecule has 1 fully saturated rings. The van der Waals surface area contributed by atoms with E-state index < -0.39 is 5.60 Å². The van der Waals surface area contributed by atoms with E-state index in [2.05, 4.69) is 15.6 Å². The van der Waals surface area contributed by atoms with Gasteiger partial charge in [-0.1, -0.05) is 11.6 Å². The van der Waals surface area contributed by atoms with Crippen molar-refractivity contribution in [3.8, 4) is 0 Å². The second-order valence-electron chi connectivity index (χ2n) is 6.03. The van der Waals surface area contributed by atoms with Crippen LogP contribution < -0.4 is 10.6 Å². The van der Waals surface area contributed by atoms with Crippen LogP contribution in [0.25, 0.3) is 0 Å². The maximum Gasteiger partial charge on any atom is 0.407 e. The Bertz CT molecular complexity index is 464. The summed E-state index contributed by atoms with van der Waals surface area (Å²) in [5.74, 6) is 0. The minimum absolute atomic E-state index is 0.169. The van der Waals surface area contributed by atoms with E-state index in [4.69, 9.17) is 16.3 Å². The van der Waals surface area contributed by atoms with Gasteiger partial charge in [-0.05, 0) is 45.7 Å². The molecule has 0 atom stereocenters. The smallest absolute Gasteiger partial charge is 0.407 e. The first-order valence-corrected chi connectivity index (χ1v) is 7.07. The molecule has 1 saturated carbocycles. The number of carbonyl (C=O) groups excluding carboxylic acids is 1. The SMILES string of the molecule is CC(C)(C)OC(=O)NC1CC(Nc2ccc(Cl)nc2)C1. The lowest BCUT2D eigenvalue weighted by Crippen LogP contribution is -2.50. The standard InChI is InChI=1S/C14H20ClN3O2/c1-14(2,3)20-13(19)18-11-6-10(7-11)17-9-4-5-12(15)16-8-9/h4-5,8,10-11,17H,6-7H2,1-3H3,(H,18,19). The number of nitrogens with one attached hydrogen (secondary N) is 2. The minimum Gasteiger partial charge on any atom is -0.444 e. The number of hydrogen-bond acceptors (Lipinski definition) is 4. The Morgan fingerprint density at radius 1 is 1.35 bits per heavy atom. The molecule has 1 aromatic heterocycles. The molecule has 1 aromatic rings. The zero-order valence-corrected chi connectivity index (χ0v) is 12.7. The van der Waals surface area contributed by atoms with Gasteiger partial charge in [0.1, 0.15) is 10.8 Å². The Hall–Kier alpha value is -1.49. The van der Waals surface area contributed by atoms with Crippen molar-refractivity contribution in [1.82, 2.24) is 10.3 Å². The molecule has 2 rings (SSSR count). The van der Waals surface area contributed by atoms with E-state index in [0.29, 0.717) is 11.2 Å². The van der Waals surface area contributed by atoms with E-state index in [-0.39, 0.29) is 12.1 Å². The molecule has 0 saturated heterocycles. The lowest BCUT2D eigenvalue weighted by molar-refractivity contribution is 0.0475. The van der Waals surface area contributed by atoms with Crippen LogP contribution in [-0.4, -0.2) is 28.8 Å². The second kappa shape index (κ2) is 5.87. The highest BCUT2D eigenvalue weighted by Gasteiger charge is 2.31. The number of pyridine rings is 1. The van der Waals surface area contributed by atoms with Crippen LogP contribution in [0.5, 0.6) is 0 Å². The number of alkyl carbamates (subject to hydrolysis) is 1. The summed E-state index contributed by atoms with van der Waals surface area (Å²) in [6.45, 7) is 5.56. The molecule has 6 heteroatoms. The highest BCUT2D eigenvalue weighted by Crippen LogP contribution is 2.24. The first kappa shape index (κ1) is 14.9. The summed E-state index contributed by atoms with van der Waals surface area (Å²) in [4.78, 5) is 15.6. The van der Waals surface area contributed by atoms with Crippen molar-refractivity contribution in [2.24, 2.45) is 0 Å². The van der Waals surface area contributed by atoms with E-state index in [0.717, 1.165) is 18.5 Å². The summed E-state index contributed by atoms with van der Waals surface area (Å²) >= 11 is 5.73. The number of amides is 1. The normalized spacial score (nSPS) is 21.8. The zero-order valence-electron chi connectivity index (χ0n) is 11.9. The van der Waals surface area contributed by atoms with Gasteiger partial charge in [0.15, 0.2) is 0 Å². The number of anilines is 1. The number of aromatic nitrogens is 1. The first-order valence-electron chi connectivity index (χ1n) is 6.69. The van der Waals surface area contributed by atoms with Gasteiger partial charge in [-0.25, -0.2) is 9.78 Å². The van der Waals surface area contributed by atoms with Gasteiger partial charge in [-0.15, -0.1) is 0 Å². The summed E-state index contributed by atoms with van der Waals surface area (Å²) < 4.78 is 5.22. The van der Waals surface area contributed by atoms with Gasteiger partial charge < -0.3 is 15.4 Å². The molecule has 0 radical (unpaired) electrons.